The van der Waals surface area contributed by atoms with Crippen molar-refractivity contribution in [2.45, 2.75) is 30.3 Å². The molecule has 1 aromatic rings. The van der Waals surface area contributed by atoms with Gasteiger partial charge in [-0.05, 0) is 31.9 Å². The van der Waals surface area contributed by atoms with Crippen molar-refractivity contribution in [3.8, 4) is 0 Å². The first-order valence-electron chi connectivity index (χ1n) is 6.72. The van der Waals surface area contributed by atoms with Crippen LogP contribution >= 0.6 is 0 Å². The SMILES string of the molecule is CC(C(=O)Nc1ccccc1N)S(=O)C1CCOCC1. The fourth-order valence-electron chi connectivity index (χ4n) is 2.15. The van der Waals surface area contributed by atoms with E-state index in [1.54, 1.807) is 31.2 Å². The normalized spacial score (nSPS) is 19.2. The fourth-order valence-corrected chi connectivity index (χ4v) is 3.65. The predicted molar refractivity (Wildman–Crippen MR) is 80.9 cm³/mol. The maximum absolute atomic E-state index is 12.4. The zero-order chi connectivity index (χ0) is 14.5. The van der Waals surface area contributed by atoms with Gasteiger partial charge in [-0.25, -0.2) is 0 Å². The number of amides is 1. The number of carbonyl (C=O) groups excluding carboxylic acids is 1. The lowest BCUT2D eigenvalue weighted by Gasteiger charge is -2.24. The highest BCUT2D eigenvalue weighted by Gasteiger charge is 2.28. The van der Waals surface area contributed by atoms with Crippen molar-refractivity contribution in [2.75, 3.05) is 24.3 Å². The Morgan fingerprint density at radius 1 is 1.40 bits per heavy atom. The number of ether oxygens (including phenoxy) is 1. The third-order valence-electron chi connectivity index (χ3n) is 3.43. The van der Waals surface area contributed by atoms with E-state index >= 15 is 0 Å². The Morgan fingerprint density at radius 3 is 2.70 bits per heavy atom. The molecule has 0 bridgehead atoms. The smallest absolute Gasteiger partial charge is 0.239 e. The van der Waals surface area contributed by atoms with Crippen molar-refractivity contribution >= 4 is 28.1 Å². The third-order valence-corrected chi connectivity index (χ3v) is 5.47. The largest absolute Gasteiger partial charge is 0.397 e. The highest BCUT2D eigenvalue weighted by molar-refractivity contribution is 7.87. The highest BCUT2D eigenvalue weighted by Crippen LogP contribution is 2.20. The summed E-state index contributed by atoms with van der Waals surface area (Å²) in [6, 6.07) is 7.05. The molecule has 20 heavy (non-hydrogen) atoms. The lowest BCUT2D eigenvalue weighted by molar-refractivity contribution is -0.115. The Kier molecular flexibility index (Phi) is 5.14. The summed E-state index contributed by atoms with van der Waals surface area (Å²) in [5.74, 6) is -0.257. The Bertz CT molecular complexity index is 501. The average molecular weight is 296 g/mol. The van der Waals surface area contributed by atoms with Gasteiger partial charge in [0.25, 0.3) is 0 Å². The van der Waals surface area contributed by atoms with Crippen LogP contribution in [-0.4, -0.2) is 33.8 Å². The first kappa shape index (κ1) is 15.0. The van der Waals surface area contributed by atoms with Crippen LogP contribution in [0.15, 0.2) is 24.3 Å². The van der Waals surface area contributed by atoms with Crippen LogP contribution in [-0.2, 0) is 20.3 Å². The van der Waals surface area contributed by atoms with Gasteiger partial charge in [0.2, 0.25) is 5.91 Å². The van der Waals surface area contributed by atoms with Crippen LogP contribution in [0.2, 0.25) is 0 Å². The lowest BCUT2D eigenvalue weighted by atomic mass is 10.2. The number of anilines is 2. The number of nitrogens with one attached hydrogen (secondary N) is 1. The van der Waals surface area contributed by atoms with Crippen LogP contribution < -0.4 is 11.1 Å². The van der Waals surface area contributed by atoms with Gasteiger partial charge < -0.3 is 15.8 Å². The second-order valence-corrected chi connectivity index (χ2v) is 6.89. The van der Waals surface area contributed by atoms with Gasteiger partial charge >= 0.3 is 0 Å². The third kappa shape index (κ3) is 3.58. The fraction of sp³-hybridized carbons (Fsp3) is 0.500. The lowest BCUT2D eigenvalue weighted by Crippen LogP contribution is -2.37. The summed E-state index contributed by atoms with van der Waals surface area (Å²) in [6.45, 7) is 2.94. The second kappa shape index (κ2) is 6.85. The molecule has 0 radical (unpaired) electrons. The summed E-state index contributed by atoms with van der Waals surface area (Å²) in [6.07, 6.45) is 1.50. The molecule has 1 saturated heterocycles. The van der Waals surface area contributed by atoms with Crippen molar-refractivity contribution in [3.05, 3.63) is 24.3 Å². The van der Waals surface area contributed by atoms with Crippen LogP contribution in [0, 0.1) is 0 Å². The second-order valence-electron chi connectivity index (χ2n) is 4.86. The number of para-hydroxylation sites is 2. The zero-order valence-electron chi connectivity index (χ0n) is 11.5. The molecular formula is C14H20N2O3S. The first-order chi connectivity index (χ1) is 9.59. The minimum absolute atomic E-state index is 0.0395. The van der Waals surface area contributed by atoms with E-state index in [-0.39, 0.29) is 11.2 Å². The number of rotatable bonds is 4. The van der Waals surface area contributed by atoms with Gasteiger partial charge in [-0.3, -0.25) is 9.00 Å². The Balaban J connectivity index is 1.98. The molecule has 0 saturated carbocycles. The summed E-state index contributed by atoms with van der Waals surface area (Å²) >= 11 is 0. The summed E-state index contributed by atoms with van der Waals surface area (Å²) < 4.78 is 17.6. The van der Waals surface area contributed by atoms with E-state index in [4.69, 9.17) is 10.5 Å². The maximum atomic E-state index is 12.4. The number of hydrogen-bond donors (Lipinski definition) is 2. The molecule has 0 aromatic heterocycles. The van der Waals surface area contributed by atoms with Gasteiger partial charge in [-0.15, -0.1) is 0 Å². The van der Waals surface area contributed by atoms with Crippen LogP contribution in [0.4, 0.5) is 11.4 Å². The molecular weight excluding hydrogens is 276 g/mol. The molecule has 2 rings (SSSR count). The number of nitrogen functional groups attached to an aromatic ring is 1. The molecule has 2 unspecified atom stereocenters. The maximum Gasteiger partial charge on any atom is 0.239 e. The van der Waals surface area contributed by atoms with Gasteiger partial charge in [0.1, 0.15) is 5.25 Å². The number of carbonyl (C=O) groups is 1. The van der Waals surface area contributed by atoms with E-state index < -0.39 is 16.0 Å². The number of benzene rings is 1. The molecule has 6 heteroatoms. The van der Waals surface area contributed by atoms with Gasteiger partial charge in [0.15, 0.2) is 0 Å². The van der Waals surface area contributed by atoms with E-state index in [2.05, 4.69) is 5.32 Å². The molecule has 1 aliphatic rings. The minimum Gasteiger partial charge on any atom is -0.397 e. The zero-order valence-corrected chi connectivity index (χ0v) is 12.3. The Hall–Kier alpha value is -1.40. The molecule has 1 fully saturated rings. The van der Waals surface area contributed by atoms with Crippen molar-refractivity contribution in [2.24, 2.45) is 0 Å². The van der Waals surface area contributed by atoms with Crippen molar-refractivity contribution in [1.82, 2.24) is 0 Å². The van der Waals surface area contributed by atoms with E-state index in [9.17, 15) is 9.00 Å². The van der Waals surface area contributed by atoms with E-state index in [1.165, 1.54) is 0 Å². The molecule has 1 aromatic carbocycles. The van der Waals surface area contributed by atoms with E-state index in [0.717, 1.165) is 12.8 Å². The molecule has 0 aliphatic carbocycles. The van der Waals surface area contributed by atoms with Crippen LogP contribution in [0.3, 0.4) is 0 Å². The average Bonchev–Trinajstić information content (AvgIpc) is 2.49. The van der Waals surface area contributed by atoms with Crippen molar-refractivity contribution in [1.29, 1.82) is 0 Å². The Labute approximate surface area is 121 Å². The standard InChI is InChI=1S/C14H20N2O3S/c1-10(20(18)11-6-8-19-9-7-11)14(17)16-13-5-3-2-4-12(13)15/h2-5,10-11H,6-9,15H2,1H3,(H,16,17). The number of nitrogens with two attached hydrogens (primary N) is 1. The van der Waals surface area contributed by atoms with Gasteiger partial charge in [0, 0.05) is 29.3 Å². The molecule has 5 nitrogen and oxygen atoms in total. The van der Waals surface area contributed by atoms with Crippen molar-refractivity contribution < 1.29 is 13.7 Å². The summed E-state index contributed by atoms with van der Waals surface area (Å²) in [5, 5.41) is 2.22. The predicted octanol–water partition coefficient (Wildman–Crippen LogP) is 1.52. The molecule has 2 atom stereocenters. The summed E-state index contributed by atoms with van der Waals surface area (Å²) in [4.78, 5) is 12.2. The topological polar surface area (TPSA) is 81.4 Å². The molecule has 0 spiro atoms. The van der Waals surface area contributed by atoms with E-state index in [1.807, 2.05) is 0 Å². The first-order valence-corrected chi connectivity index (χ1v) is 7.99. The van der Waals surface area contributed by atoms with Gasteiger partial charge in [0.05, 0.1) is 11.4 Å². The quantitative estimate of drug-likeness (QED) is 0.826. The number of hydrogen-bond acceptors (Lipinski definition) is 4. The molecule has 1 amide bonds. The van der Waals surface area contributed by atoms with Gasteiger partial charge in [-0.1, -0.05) is 12.1 Å². The van der Waals surface area contributed by atoms with Gasteiger partial charge in [-0.2, -0.15) is 0 Å². The molecule has 3 N–H and O–H groups in total. The molecule has 1 aliphatic heterocycles. The monoisotopic (exact) mass is 296 g/mol. The van der Waals surface area contributed by atoms with Crippen LogP contribution in [0.5, 0.6) is 0 Å². The van der Waals surface area contributed by atoms with Crippen LogP contribution in [0.25, 0.3) is 0 Å². The van der Waals surface area contributed by atoms with Crippen LogP contribution in [0.1, 0.15) is 19.8 Å². The minimum atomic E-state index is -1.19. The molecule has 110 valence electrons. The summed E-state index contributed by atoms with van der Waals surface area (Å²) in [5.41, 5.74) is 6.85. The van der Waals surface area contributed by atoms with E-state index in [0.29, 0.717) is 24.6 Å². The Morgan fingerprint density at radius 2 is 2.05 bits per heavy atom. The molecule has 1 heterocycles. The summed E-state index contributed by atoms with van der Waals surface area (Å²) in [7, 11) is -1.19. The highest BCUT2D eigenvalue weighted by atomic mass is 32.2. The van der Waals surface area contributed by atoms with Crippen molar-refractivity contribution in [3.63, 3.8) is 0 Å².